The lowest BCUT2D eigenvalue weighted by atomic mass is 10.1. The second-order valence-electron chi connectivity index (χ2n) is 4.47. The van der Waals surface area contributed by atoms with Gasteiger partial charge in [-0.1, -0.05) is 0 Å². The van der Waals surface area contributed by atoms with E-state index in [1.165, 1.54) is 6.20 Å². The Kier molecular flexibility index (Phi) is 3.27. The van der Waals surface area contributed by atoms with Gasteiger partial charge in [0.05, 0.1) is 35.3 Å². The second kappa shape index (κ2) is 5.24. The van der Waals surface area contributed by atoms with Gasteiger partial charge in [0.15, 0.2) is 0 Å². The molecule has 0 fully saturated rings. The molecule has 1 aromatic carbocycles. The Morgan fingerprint density at radius 3 is 3.05 bits per heavy atom. The van der Waals surface area contributed by atoms with E-state index in [0.29, 0.717) is 23.4 Å². The molecule has 2 aromatic heterocycles. The summed E-state index contributed by atoms with van der Waals surface area (Å²) in [6.07, 6.45) is 4.81. The predicted molar refractivity (Wildman–Crippen MR) is 79.2 cm³/mol. The molecule has 0 saturated carbocycles. The van der Waals surface area contributed by atoms with Crippen LogP contribution in [0, 0.1) is 0 Å². The minimum Gasteiger partial charge on any atom is -0.462 e. The number of hydrogen-bond acceptors (Lipinski definition) is 5. The average Bonchev–Trinajstić information content (AvgIpc) is 2.98. The summed E-state index contributed by atoms with van der Waals surface area (Å²) in [6, 6.07) is 7.37. The van der Waals surface area contributed by atoms with Crippen LogP contribution in [0.1, 0.15) is 17.3 Å². The van der Waals surface area contributed by atoms with Crippen LogP contribution in [0.4, 0.5) is 5.69 Å². The maximum atomic E-state index is 11.7. The molecule has 0 unspecified atom stereocenters. The van der Waals surface area contributed by atoms with Crippen LogP contribution in [0.15, 0.2) is 42.9 Å². The van der Waals surface area contributed by atoms with Crippen molar-refractivity contribution in [3.63, 3.8) is 0 Å². The Balaban J connectivity index is 2.09. The standard InChI is InChI=1S/C15H14N4O2/c1-2-21-15(20)10-8-18-19(9-10)13-6-5-12(16)14-11(13)4-3-7-17-14/h3-9H,2,16H2,1H3. The zero-order valence-corrected chi connectivity index (χ0v) is 11.5. The summed E-state index contributed by atoms with van der Waals surface area (Å²) in [7, 11) is 0. The number of aromatic nitrogens is 3. The highest BCUT2D eigenvalue weighted by Gasteiger charge is 2.12. The summed E-state index contributed by atoms with van der Waals surface area (Å²) in [5.41, 5.74) is 8.46. The second-order valence-corrected chi connectivity index (χ2v) is 4.47. The van der Waals surface area contributed by atoms with Gasteiger partial charge in [-0.25, -0.2) is 9.48 Å². The quantitative estimate of drug-likeness (QED) is 0.588. The molecule has 0 amide bonds. The molecule has 2 heterocycles. The molecule has 0 atom stereocenters. The van der Waals surface area contributed by atoms with Gasteiger partial charge in [0.1, 0.15) is 0 Å². The summed E-state index contributed by atoms with van der Waals surface area (Å²) in [6.45, 7) is 2.10. The zero-order valence-electron chi connectivity index (χ0n) is 11.5. The van der Waals surface area contributed by atoms with Crippen LogP contribution in [0.25, 0.3) is 16.6 Å². The SMILES string of the molecule is CCOC(=O)c1cnn(-c2ccc(N)c3ncccc23)c1. The molecule has 3 rings (SSSR count). The lowest BCUT2D eigenvalue weighted by Gasteiger charge is -2.07. The van der Waals surface area contributed by atoms with Gasteiger partial charge in [-0.15, -0.1) is 0 Å². The van der Waals surface area contributed by atoms with Crippen molar-refractivity contribution in [2.24, 2.45) is 0 Å². The topological polar surface area (TPSA) is 83.0 Å². The molecule has 0 radical (unpaired) electrons. The summed E-state index contributed by atoms with van der Waals surface area (Å²) in [5, 5.41) is 5.09. The maximum Gasteiger partial charge on any atom is 0.341 e. The zero-order chi connectivity index (χ0) is 14.8. The van der Waals surface area contributed by atoms with Crippen molar-refractivity contribution >= 4 is 22.6 Å². The van der Waals surface area contributed by atoms with Gasteiger partial charge in [-0.2, -0.15) is 5.10 Å². The third-order valence-electron chi connectivity index (χ3n) is 3.12. The van der Waals surface area contributed by atoms with Crippen molar-refractivity contribution in [2.45, 2.75) is 6.92 Å². The van der Waals surface area contributed by atoms with Crippen molar-refractivity contribution in [3.8, 4) is 5.69 Å². The van der Waals surface area contributed by atoms with Crippen LogP contribution in [0.2, 0.25) is 0 Å². The number of pyridine rings is 1. The van der Waals surface area contributed by atoms with E-state index < -0.39 is 0 Å². The van der Waals surface area contributed by atoms with E-state index in [2.05, 4.69) is 10.1 Å². The third kappa shape index (κ3) is 2.31. The monoisotopic (exact) mass is 282 g/mol. The first kappa shape index (κ1) is 13.1. The van der Waals surface area contributed by atoms with Crippen LogP contribution >= 0.6 is 0 Å². The largest absolute Gasteiger partial charge is 0.462 e. The van der Waals surface area contributed by atoms with E-state index in [0.717, 1.165) is 11.1 Å². The lowest BCUT2D eigenvalue weighted by molar-refractivity contribution is 0.0526. The third-order valence-corrected chi connectivity index (χ3v) is 3.12. The number of nitrogen functional groups attached to an aromatic ring is 1. The number of ether oxygens (including phenoxy) is 1. The number of nitrogens with two attached hydrogens (primary N) is 1. The predicted octanol–water partition coefficient (Wildman–Crippen LogP) is 2.18. The summed E-state index contributed by atoms with van der Waals surface area (Å²) >= 11 is 0. The summed E-state index contributed by atoms with van der Waals surface area (Å²) < 4.78 is 6.58. The van der Waals surface area contributed by atoms with E-state index in [1.54, 1.807) is 30.1 Å². The van der Waals surface area contributed by atoms with Crippen molar-refractivity contribution in [3.05, 3.63) is 48.4 Å². The van der Waals surface area contributed by atoms with E-state index in [4.69, 9.17) is 10.5 Å². The number of benzene rings is 1. The van der Waals surface area contributed by atoms with E-state index >= 15 is 0 Å². The molecule has 6 heteroatoms. The van der Waals surface area contributed by atoms with Gasteiger partial charge in [0.25, 0.3) is 0 Å². The minimum absolute atomic E-state index is 0.332. The molecular weight excluding hydrogens is 268 g/mol. The maximum absolute atomic E-state index is 11.7. The van der Waals surface area contributed by atoms with Gasteiger partial charge in [-0.05, 0) is 31.2 Å². The van der Waals surface area contributed by atoms with Gasteiger partial charge < -0.3 is 10.5 Å². The number of esters is 1. The number of rotatable bonds is 3. The van der Waals surface area contributed by atoms with E-state index in [9.17, 15) is 4.79 Å². The average molecular weight is 282 g/mol. The molecule has 106 valence electrons. The van der Waals surface area contributed by atoms with Gasteiger partial charge >= 0.3 is 5.97 Å². The van der Waals surface area contributed by atoms with Gasteiger partial charge in [0, 0.05) is 17.8 Å². The first-order chi connectivity index (χ1) is 10.2. The highest BCUT2D eigenvalue weighted by Crippen LogP contribution is 2.25. The number of hydrogen-bond donors (Lipinski definition) is 1. The highest BCUT2D eigenvalue weighted by molar-refractivity contribution is 5.95. The smallest absolute Gasteiger partial charge is 0.341 e. The van der Waals surface area contributed by atoms with Crippen molar-refractivity contribution < 1.29 is 9.53 Å². The Labute approximate surface area is 121 Å². The Morgan fingerprint density at radius 2 is 2.24 bits per heavy atom. The molecule has 0 aliphatic heterocycles. The van der Waals surface area contributed by atoms with Crippen LogP contribution in [0.3, 0.4) is 0 Å². The Hall–Kier alpha value is -2.89. The molecule has 3 aromatic rings. The number of anilines is 1. The van der Waals surface area contributed by atoms with Crippen LogP contribution in [-0.2, 0) is 4.74 Å². The molecule has 6 nitrogen and oxygen atoms in total. The van der Waals surface area contributed by atoms with Crippen molar-refractivity contribution in [1.82, 2.24) is 14.8 Å². The molecule has 2 N–H and O–H groups in total. The fourth-order valence-corrected chi connectivity index (χ4v) is 2.15. The number of fused-ring (bicyclic) bond motifs is 1. The first-order valence-corrected chi connectivity index (χ1v) is 6.56. The highest BCUT2D eigenvalue weighted by atomic mass is 16.5. The minimum atomic E-state index is -0.387. The van der Waals surface area contributed by atoms with E-state index in [-0.39, 0.29) is 5.97 Å². The van der Waals surface area contributed by atoms with Gasteiger partial charge in [-0.3, -0.25) is 4.98 Å². The Bertz CT molecular complexity index is 810. The molecule has 21 heavy (non-hydrogen) atoms. The number of carbonyl (C=O) groups is 1. The summed E-state index contributed by atoms with van der Waals surface area (Å²) in [5.74, 6) is -0.387. The van der Waals surface area contributed by atoms with Gasteiger partial charge in [0.2, 0.25) is 0 Å². The fourth-order valence-electron chi connectivity index (χ4n) is 2.15. The summed E-state index contributed by atoms with van der Waals surface area (Å²) in [4.78, 5) is 16.0. The van der Waals surface area contributed by atoms with Crippen LogP contribution in [0.5, 0.6) is 0 Å². The fraction of sp³-hybridized carbons (Fsp3) is 0.133. The number of carbonyl (C=O) groups excluding carboxylic acids is 1. The number of nitrogens with zero attached hydrogens (tertiary/aromatic N) is 3. The molecule has 0 aliphatic rings. The van der Waals surface area contributed by atoms with Crippen LogP contribution in [-0.4, -0.2) is 27.3 Å². The molecular formula is C15H14N4O2. The van der Waals surface area contributed by atoms with Crippen molar-refractivity contribution in [2.75, 3.05) is 12.3 Å². The molecule has 0 saturated heterocycles. The van der Waals surface area contributed by atoms with E-state index in [1.807, 2.05) is 18.2 Å². The Morgan fingerprint density at radius 1 is 1.38 bits per heavy atom. The molecule has 0 aliphatic carbocycles. The van der Waals surface area contributed by atoms with Crippen LogP contribution < -0.4 is 5.73 Å². The molecule has 0 bridgehead atoms. The molecule has 0 spiro atoms. The van der Waals surface area contributed by atoms with Crippen molar-refractivity contribution in [1.29, 1.82) is 0 Å². The first-order valence-electron chi connectivity index (χ1n) is 6.56. The normalized spacial score (nSPS) is 10.7. The lowest BCUT2D eigenvalue weighted by Crippen LogP contribution is -2.03.